The minimum atomic E-state index is -3.00. The standard InChI is InChI=1S/C25H27F3N4O3/c1-16(15-35-17(2)25(3,27)28)9-10-19(26)12-21-13-22(30-24(34)18-11-23(33)29-14-18)31-32(21)20-7-5-4-6-8-20/h4-10,12-13,17-18H,1,11,14-15H2,2-3H3,(H,29,33)(H,30,31,34)/b10-9-,19-12-/t17-,18+/m1/s1. The molecule has 1 aromatic carbocycles. The summed E-state index contributed by atoms with van der Waals surface area (Å²) in [7, 11) is 0. The summed E-state index contributed by atoms with van der Waals surface area (Å²) in [6.07, 6.45) is 2.47. The van der Waals surface area contributed by atoms with Crippen LogP contribution in [0.25, 0.3) is 11.8 Å². The van der Waals surface area contributed by atoms with Crippen LogP contribution in [0.5, 0.6) is 0 Å². The van der Waals surface area contributed by atoms with E-state index in [-0.39, 0.29) is 37.2 Å². The molecule has 0 unspecified atom stereocenters. The minimum Gasteiger partial charge on any atom is -0.368 e. The topological polar surface area (TPSA) is 85.3 Å². The zero-order valence-electron chi connectivity index (χ0n) is 19.4. The first-order chi connectivity index (χ1) is 16.5. The van der Waals surface area contributed by atoms with E-state index < -0.39 is 23.8 Å². The number of anilines is 1. The van der Waals surface area contributed by atoms with Crippen molar-refractivity contribution in [2.45, 2.75) is 32.3 Å². The molecule has 0 spiro atoms. The number of para-hydroxylation sites is 1. The largest absolute Gasteiger partial charge is 0.368 e. The summed E-state index contributed by atoms with van der Waals surface area (Å²) in [5.74, 6) is -4.51. The van der Waals surface area contributed by atoms with E-state index in [9.17, 15) is 22.8 Å². The Kier molecular flexibility index (Phi) is 8.29. The van der Waals surface area contributed by atoms with E-state index in [0.29, 0.717) is 17.0 Å². The number of halogens is 3. The summed E-state index contributed by atoms with van der Waals surface area (Å²) >= 11 is 0. The van der Waals surface area contributed by atoms with Crippen molar-refractivity contribution in [1.82, 2.24) is 15.1 Å². The molecule has 2 atom stereocenters. The molecular formula is C25H27F3N4O3. The van der Waals surface area contributed by atoms with E-state index in [1.807, 2.05) is 6.07 Å². The predicted molar refractivity (Wildman–Crippen MR) is 127 cm³/mol. The Balaban J connectivity index is 1.75. The van der Waals surface area contributed by atoms with Gasteiger partial charge in [0, 0.05) is 26.0 Å². The van der Waals surface area contributed by atoms with Crippen LogP contribution in [0.3, 0.4) is 0 Å². The van der Waals surface area contributed by atoms with Gasteiger partial charge in [0.1, 0.15) is 11.9 Å². The number of carbonyl (C=O) groups excluding carboxylic acids is 2. The summed E-state index contributed by atoms with van der Waals surface area (Å²) in [5, 5.41) is 9.64. The van der Waals surface area contributed by atoms with Gasteiger partial charge in [-0.15, -0.1) is 5.10 Å². The molecule has 0 aliphatic carbocycles. The number of nitrogens with one attached hydrogen (secondary N) is 2. The van der Waals surface area contributed by atoms with Crippen LogP contribution in [0, 0.1) is 5.92 Å². The highest BCUT2D eigenvalue weighted by atomic mass is 19.3. The van der Waals surface area contributed by atoms with Crippen molar-refractivity contribution in [3.8, 4) is 5.69 Å². The number of rotatable bonds is 10. The second-order valence-electron chi connectivity index (χ2n) is 8.33. The molecule has 2 heterocycles. The quantitative estimate of drug-likeness (QED) is 0.485. The number of nitrogens with zero attached hydrogens (tertiary/aromatic N) is 2. The van der Waals surface area contributed by atoms with E-state index in [4.69, 9.17) is 4.74 Å². The Morgan fingerprint density at radius 1 is 1.37 bits per heavy atom. The minimum absolute atomic E-state index is 0.0969. The van der Waals surface area contributed by atoms with E-state index >= 15 is 0 Å². The van der Waals surface area contributed by atoms with Gasteiger partial charge in [0.25, 0.3) is 5.92 Å². The molecular weight excluding hydrogens is 461 g/mol. The van der Waals surface area contributed by atoms with Crippen molar-refractivity contribution < 1.29 is 27.5 Å². The average Bonchev–Trinajstić information content (AvgIpc) is 3.42. The SMILES string of the molecule is C=C(/C=C\C(F)=C\c1cc(NC(=O)[C@@H]2CNC(=O)C2)nn1-c1ccccc1)CO[C@H](C)C(C)(F)F. The first kappa shape index (κ1) is 26.0. The van der Waals surface area contributed by atoms with Crippen LogP contribution in [0.4, 0.5) is 19.0 Å². The first-order valence-corrected chi connectivity index (χ1v) is 11.0. The lowest BCUT2D eigenvalue weighted by Crippen LogP contribution is -2.30. The second kappa shape index (κ2) is 11.2. The molecule has 0 saturated carbocycles. The van der Waals surface area contributed by atoms with Gasteiger partial charge in [0.05, 0.1) is 23.9 Å². The highest BCUT2D eigenvalue weighted by molar-refractivity contribution is 5.96. The van der Waals surface area contributed by atoms with Crippen LogP contribution in [-0.4, -0.2) is 46.8 Å². The molecule has 2 aromatic rings. The van der Waals surface area contributed by atoms with Crippen molar-refractivity contribution >= 4 is 23.7 Å². The zero-order chi connectivity index (χ0) is 25.6. The molecule has 2 N–H and O–H groups in total. The third-order valence-electron chi connectivity index (χ3n) is 5.33. The number of amides is 2. The third-order valence-corrected chi connectivity index (χ3v) is 5.33. The second-order valence-corrected chi connectivity index (χ2v) is 8.33. The van der Waals surface area contributed by atoms with Gasteiger partial charge < -0.3 is 15.4 Å². The number of hydrogen-bond donors (Lipinski definition) is 2. The number of benzene rings is 1. The van der Waals surface area contributed by atoms with Gasteiger partial charge in [0.2, 0.25) is 11.8 Å². The average molecular weight is 489 g/mol. The molecule has 1 saturated heterocycles. The van der Waals surface area contributed by atoms with Gasteiger partial charge in [-0.05, 0) is 36.8 Å². The first-order valence-electron chi connectivity index (χ1n) is 11.0. The van der Waals surface area contributed by atoms with Gasteiger partial charge in [-0.25, -0.2) is 17.9 Å². The molecule has 3 rings (SSSR count). The summed E-state index contributed by atoms with van der Waals surface area (Å²) < 4.78 is 47.6. The maximum atomic E-state index is 14.7. The molecule has 1 aromatic heterocycles. The fourth-order valence-electron chi connectivity index (χ4n) is 3.17. The van der Waals surface area contributed by atoms with E-state index in [1.165, 1.54) is 29.8 Å². The summed E-state index contributed by atoms with van der Waals surface area (Å²) in [6.45, 7) is 5.77. The van der Waals surface area contributed by atoms with Crippen LogP contribution >= 0.6 is 0 Å². The maximum Gasteiger partial charge on any atom is 0.270 e. The molecule has 186 valence electrons. The van der Waals surface area contributed by atoms with Crippen LogP contribution < -0.4 is 10.6 Å². The van der Waals surface area contributed by atoms with Crippen molar-refractivity contribution in [2.75, 3.05) is 18.5 Å². The van der Waals surface area contributed by atoms with Crippen molar-refractivity contribution in [3.63, 3.8) is 0 Å². The number of aromatic nitrogens is 2. The fourth-order valence-corrected chi connectivity index (χ4v) is 3.17. The lowest BCUT2D eigenvalue weighted by Gasteiger charge is -2.19. The number of carbonyl (C=O) groups is 2. The van der Waals surface area contributed by atoms with Crippen LogP contribution in [0.1, 0.15) is 26.0 Å². The Morgan fingerprint density at radius 3 is 2.71 bits per heavy atom. The van der Waals surface area contributed by atoms with E-state index in [1.54, 1.807) is 24.3 Å². The fraction of sp³-hybridized carbons (Fsp3) is 0.320. The Bertz CT molecular complexity index is 1140. The van der Waals surface area contributed by atoms with E-state index in [0.717, 1.165) is 13.0 Å². The highest BCUT2D eigenvalue weighted by Crippen LogP contribution is 2.22. The van der Waals surface area contributed by atoms with Gasteiger partial charge in [0.15, 0.2) is 5.82 Å². The van der Waals surface area contributed by atoms with Gasteiger partial charge in [-0.3, -0.25) is 9.59 Å². The molecule has 1 aliphatic heterocycles. The van der Waals surface area contributed by atoms with Crippen molar-refractivity contribution in [3.05, 3.63) is 72.2 Å². The highest BCUT2D eigenvalue weighted by Gasteiger charge is 2.31. The van der Waals surface area contributed by atoms with E-state index in [2.05, 4.69) is 22.3 Å². The molecule has 1 fully saturated rings. The Hall–Kier alpha value is -3.66. The van der Waals surface area contributed by atoms with Crippen LogP contribution in [0.15, 0.2) is 66.5 Å². The third kappa shape index (κ3) is 7.41. The number of ether oxygens (including phenoxy) is 1. The molecule has 2 amide bonds. The monoisotopic (exact) mass is 488 g/mol. The Labute approximate surface area is 201 Å². The lowest BCUT2D eigenvalue weighted by molar-refractivity contribution is -0.123. The van der Waals surface area contributed by atoms with Crippen LogP contribution in [0.2, 0.25) is 0 Å². The predicted octanol–water partition coefficient (Wildman–Crippen LogP) is 4.43. The smallest absolute Gasteiger partial charge is 0.270 e. The van der Waals surface area contributed by atoms with Crippen LogP contribution in [-0.2, 0) is 14.3 Å². The van der Waals surface area contributed by atoms with Crippen molar-refractivity contribution in [1.29, 1.82) is 0 Å². The zero-order valence-corrected chi connectivity index (χ0v) is 19.4. The van der Waals surface area contributed by atoms with Gasteiger partial charge in [-0.2, -0.15) is 0 Å². The van der Waals surface area contributed by atoms with Crippen molar-refractivity contribution in [2.24, 2.45) is 5.92 Å². The molecule has 7 nitrogen and oxygen atoms in total. The maximum absolute atomic E-state index is 14.7. The van der Waals surface area contributed by atoms with Gasteiger partial charge >= 0.3 is 0 Å². The summed E-state index contributed by atoms with van der Waals surface area (Å²) in [5.41, 5.74) is 1.30. The molecule has 10 heteroatoms. The molecule has 1 aliphatic rings. The molecule has 0 radical (unpaired) electrons. The lowest BCUT2D eigenvalue weighted by atomic mass is 10.1. The number of hydrogen-bond acceptors (Lipinski definition) is 4. The molecule has 35 heavy (non-hydrogen) atoms. The number of alkyl halides is 2. The number of allylic oxidation sites excluding steroid dienone is 2. The summed E-state index contributed by atoms with van der Waals surface area (Å²) in [4.78, 5) is 23.9. The summed E-state index contributed by atoms with van der Waals surface area (Å²) in [6, 6.07) is 10.5. The van der Waals surface area contributed by atoms with Gasteiger partial charge in [-0.1, -0.05) is 30.9 Å². The molecule has 0 bridgehead atoms. The normalized spacial score (nSPS) is 17.5. The Morgan fingerprint density at radius 2 is 2.09 bits per heavy atom.